The highest BCUT2D eigenvalue weighted by Crippen LogP contribution is 2.34. The molecule has 0 saturated heterocycles. The summed E-state index contributed by atoms with van der Waals surface area (Å²) in [5.74, 6) is 1.33. The highest BCUT2D eigenvalue weighted by Gasteiger charge is 2.17. The lowest BCUT2D eigenvalue weighted by Gasteiger charge is -2.16. The zero-order chi connectivity index (χ0) is 18.5. The van der Waals surface area contributed by atoms with Crippen LogP contribution >= 0.6 is 0 Å². The van der Waals surface area contributed by atoms with Gasteiger partial charge in [-0.1, -0.05) is 18.2 Å². The van der Waals surface area contributed by atoms with E-state index in [4.69, 9.17) is 14.2 Å². The first-order valence-corrected chi connectivity index (χ1v) is 8.21. The van der Waals surface area contributed by atoms with Gasteiger partial charge >= 0.3 is 0 Å². The first-order valence-electron chi connectivity index (χ1n) is 8.21. The highest BCUT2D eigenvalue weighted by molar-refractivity contribution is 5.90. The van der Waals surface area contributed by atoms with E-state index < -0.39 is 0 Å². The van der Waals surface area contributed by atoms with E-state index in [1.807, 2.05) is 25.1 Å². The van der Waals surface area contributed by atoms with Gasteiger partial charge in [-0.2, -0.15) is 0 Å². The molecule has 2 N–H and O–H groups in total. The Bertz CT molecular complexity index is 821. The fourth-order valence-electron chi connectivity index (χ4n) is 2.58. The maximum absolute atomic E-state index is 12.2. The van der Waals surface area contributed by atoms with Crippen LogP contribution in [0.25, 0.3) is 0 Å². The van der Waals surface area contributed by atoms with Gasteiger partial charge in [-0.25, -0.2) is 0 Å². The Morgan fingerprint density at radius 1 is 1.15 bits per heavy atom. The quantitative estimate of drug-likeness (QED) is 0.831. The molecule has 1 aliphatic heterocycles. The lowest BCUT2D eigenvalue weighted by molar-refractivity contribution is -0.123. The van der Waals surface area contributed by atoms with Gasteiger partial charge in [0.1, 0.15) is 5.75 Å². The van der Waals surface area contributed by atoms with Gasteiger partial charge in [0.2, 0.25) is 12.7 Å². The van der Waals surface area contributed by atoms with Crippen molar-refractivity contribution in [2.45, 2.75) is 19.9 Å². The molecule has 0 saturated carbocycles. The number of para-hydroxylation sites is 2. The van der Waals surface area contributed by atoms with E-state index in [0.29, 0.717) is 22.9 Å². The number of ether oxygens (including phenoxy) is 3. The molecule has 3 rings (SSSR count). The number of hydrogen-bond acceptors (Lipinski definition) is 5. The van der Waals surface area contributed by atoms with Crippen LogP contribution in [0.4, 0.5) is 5.69 Å². The van der Waals surface area contributed by atoms with Crippen LogP contribution in [0.3, 0.4) is 0 Å². The number of benzene rings is 2. The van der Waals surface area contributed by atoms with E-state index in [0.717, 1.165) is 5.56 Å². The molecule has 7 nitrogen and oxygen atoms in total. The second-order valence-corrected chi connectivity index (χ2v) is 5.87. The van der Waals surface area contributed by atoms with E-state index >= 15 is 0 Å². The topological polar surface area (TPSA) is 85.9 Å². The minimum Gasteiger partial charge on any atom is -0.482 e. The van der Waals surface area contributed by atoms with Crippen molar-refractivity contribution in [1.29, 1.82) is 0 Å². The average molecular weight is 356 g/mol. The van der Waals surface area contributed by atoms with Gasteiger partial charge < -0.3 is 24.8 Å². The highest BCUT2D eigenvalue weighted by atomic mass is 16.7. The minimum absolute atomic E-state index is 0.161. The number of anilines is 1. The van der Waals surface area contributed by atoms with Gasteiger partial charge in [-0.3, -0.25) is 9.59 Å². The summed E-state index contributed by atoms with van der Waals surface area (Å²) >= 11 is 0. The normalized spacial score (nSPS) is 13.0. The largest absolute Gasteiger partial charge is 0.482 e. The van der Waals surface area contributed by atoms with E-state index in [2.05, 4.69) is 10.6 Å². The molecule has 1 atom stereocenters. The van der Waals surface area contributed by atoms with Crippen LogP contribution in [-0.2, 0) is 9.59 Å². The Labute approximate surface area is 151 Å². The van der Waals surface area contributed by atoms with Gasteiger partial charge in [-0.05, 0) is 36.8 Å². The second-order valence-electron chi connectivity index (χ2n) is 5.87. The molecule has 2 aromatic carbocycles. The average Bonchev–Trinajstić information content (AvgIpc) is 3.08. The van der Waals surface area contributed by atoms with Crippen LogP contribution in [0, 0.1) is 0 Å². The predicted molar refractivity (Wildman–Crippen MR) is 95.4 cm³/mol. The third kappa shape index (κ3) is 4.24. The SMILES string of the molecule is CC(=O)Nc1ccccc1OCC(=O)N[C@H](C)c1ccc2c(c1)OCO2. The Morgan fingerprint density at radius 2 is 1.92 bits per heavy atom. The fraction of sp³-hybridized carbons (Fsp3) is 0.263. The lowest BCUT2D eigenvalue weighted by Crippen LogP contribution is -2.31. The maximum atomic E-state index is 12.2. The number of amides is 2. The van der Waals surface area contributed by atoms with Crippen LogP contribution in [0.15, 0.2) is 42.5 Å². The Kier molecular flexibility index (Phi) is 5.26. The van der Waals surface area contributed by atoms with Gasteiger partial charge in [0, 0.05) is 6.92 Å². The standard InChI is InChI=1S/C19H20N2O5/c1-12(14-7-8-17-18(9-14)26-11-25-17)20-19(23)10-24-16-6-4-3-5-15(16)21-13(2)22/h3-9,12H,10-11H2,1-2H3,(H,20,23)(H,21,22)/t12-/m1/s1. The minimum atomic E-state index is -0.271. The van der Waals surface area contributed by atoms with Crippen molar-refractivity contribution in [3.8, 4) is 17.2 Å². The molecule has 0 bridgehead atoms. The molecule has 2 aromatic rings. The molecule has 0 aliphatic carbocycles. The summed E-state index contributed by atoms with van der Waals surface area (Å²) in [7, 11) is 0. The van der Waals surface area contributed by atoms with Crippen molar-refractivity contribution >= 4 is 17.5 Å². The predicted octanol–water partition coefficient (Wildman–Crippen LogP) is 2.63. The van der Waals surface area contributed by atoms with Gasteiger partial charge in [0.25, 0.3) is 5.91 Å². The Morgan fingerprint density at radius 3 is 2.73 bits per heavy atom. The molecule has 0 fully saturated rings. The molecular weight excluding hydrogens is 336 g/mol. The van der Waals surface area contributed by atoms with Crippen molar-refractivity contribution in [2.24, 2.45) is 0 Å². The molecule has 0 spiro atoms. The van der Waals surface area contributed by atoms with Crippen molar-refractivity contribution in [2.75, 3.05) is 18.7 Å². The molecule has 1 heterocycles. The third-order valence-electron chi connectivity index (χ3n) is 3.83. The summed E-state index contributed by atoms with van der Waals surface area (Å²) in [5.41, 5.74) is 1.43. The molecule has 2 amide bonds. The second kappa shape index (κ2) is 7.77. The van der Waals surface area contributed by atoms with Crippen LogP contribution < -0.4 is 24.8 Å². The molecule has 0 radical (unpaired) electrons. The fourth-order valence-corrected chi connectivity index (χ4v) is 2.58. The number of hydrogen-bond donors (Lipinski definition) is 2. The first kappa shape index (κ1) is 17.6. The third-order valence-corrected chi connectivity index (χ3v) is 3.83. The van der Waals surface area contributed by atoms with Crippen molar-refractivity contribution in [3.05, 3.63) is 48.0 Å². The molecule has 1 aliphatic rings. The zero-order valence-electron chi connectivity index (χ0n) is 14.6. The summed E-state index contributed by atoms with van der Waals surface area (Å²) in [6, 6.07) is 12.3. The summed E-state index contributed by atoms with van der Waals surface area (Å²) in [4.78, 5) is 23.4. The first-order chi connectivity index (χ1) is 12.5. The van der Waals surface area contributed by atoms with E-state index in [-0.39, 0.29) is 31.3 Å². The number of carbonyl (C=O) groups is 2. The van der Waals surface area contributed by atoms with Crippen LogP contribution in [0.1, 0.15) is 25.5 Å². The molecule has 0 aromatic heterocycles. The number of fused-ring (bicyclic) bond motifs is 1. The van der Waals surface area contributed by atoms with Gasteiger partial charge in [0.15, 0.2) is 18.1 Å². The number of carbonyl (C=O) groups excluding carboxylic acids is 2. The van der Waals surface area contributed by atoms with Crippen LogP contribution in [0.2, 0.25) is 0 Å². The molecule has 26 heavy (non-hydrogen) atoms. The van der Waals surface area contributed by atoms with Gasteiger partial charge in [0.05, 0.1) is 11.7 Å². The van der Waals surface area contributed by atoms with E-state index in [9.17, 15) is 9.59 Å². The Hall–Kier alpha value is -3.22. The van der Waals surface area contributed by atoms with Crippen molar-refractivity contribution in [3.63, 3.8) is 0 Å². The molecule has 136 valence electrons. The van der Waals surface area contributed by atoms with Crippen molar-refractivity contribution < 1.29 is 23.8 Å². The van der Waals surface area contributed by atoms with E-state index in [1.165, 1.54) is 6.92 Å². The summed E-state index contributed by atoms with van der Waals surface area (Å²) < 4.78 is 16.2. The summed E-state index contributed by atoms with van der Waals surface area (Å²) in [6.45, 7) is 3.34. The number of nitrogens with one attached hydrogen (secondary N) is 2. The van der Waals surface area contributed by atoms with Crippen LogP contribution in [-0.4, -0.2) is 25.2 Å². The smallest absolute Gasteiger partial charge is 0.258 e. The van der Waals surface area contributed by atoms with E-state index in [1.54, 1.807) is 24.3 Å². The molecule has 7 heteroatoms. The van der Waals surface area contributed by atoms with Crippen molar-refractivity contribution in [1.82, 2.24) is 5.32 Å². The molecular formula is C19H20N2O5. The summed E-state index contributed by atoms with van der Waals surface area (Å²) in [6.07, 6.45) is 0. The lowest BCUT2D eigenvalue weighted by atomic mass is 10.1. The molecule has 0 unspecified atom stereocenters. The monoisotopic (exact) mass is 356 g/mol. The van der Waals surface area contributed by atoms with Gasteiger partial charge in [-0.15, -0.1) is 0 Å². The maximum Gasteiger partial charge on any atom is 0.258 e. The summed E-state index contributed by atoms with van der Waals surface area (Å²) in [5, 5.41) is 5.54. The zero-order valence-corrected chi connectivity index (χ0v) is 14.6. The number of rotatable bonds is 6. The Balaban J connectivity index is 1.57. The van der Waals surface area contributed by atoms with Crippen LogP contribution in [0.5, 0.6) is 17.2 Å².